The second-order valence-corrected chi connectivity index (χ2v) is 5.56. The molecule has 2 aromatic carbocycles. The van der Waals surface area contributed by atoms with Crippen molar-refractivity contribution in [2.75, 3.05) is 12.4 Å². The molecule has 0 saturated carbocycles. The van der Waals surface area contributed by atoms with Crippen LogP contribution in [-0.2, 0) is 11.2 Å². The number of fused-ring (bicyclic) bond motifs is 1. The van der Waals surface area contributed by atoms with Gasteiger partial charge in [-0.3, -0.25) is 9.59 Å². The zero-order chi connectivity index (χ0) is 17.8. The van der Waals surface area contributed by atoms with Gasteiger partial charge in [0.05, 0.1) is 7.11 Å². The summed E-state index contributed by atoms with van der Waals surface area (Å²) in [7, 11) is 1.61. The minimum atomic E-state index is -0.721. The Labute approximate surface area is 144 Å². The maximum absolute atomic E-state index is 12.3. The molecule has 0 radical (unpaired) electrons. The van der Waals surface area contributed by atoms with E-state index in [4.69, 9.17) is 14.9 Å². The lowest BCUT2D eigenvalue weighted by atomic mass is 10.1. The van der Waals surface area contributed by atoms with Crippen molar-refractivity contribution >= 4 is 28.5 Å². The van der Waals surface area contributed by atoms with E-state index in [1.54, 1.807) is 31.4 Å². The van der Waals surface area contributed by atoms with E-state index in [2.05, 4.69) is 5.32 Å². The number of carbonyl (C=O) groups is 2. The number of nitrogens with two attached hydrogens (primary N) is 1. The average molecular weight is 338 g/mol. The Morgan fingerprint density at radius 2 is 1.84 bits per heavy atom. The molecule has 0 fully saturated rings. The molecule has 6 heteroatoms. The van der Waals surface area contributed by atoms with Crippen LogP contribution in [-0.4, -0.2) is 18.9 Å². The summed E-state index contributed by atoms with van der Waals surface area (Å²) in [6.45, 7) is 0. The van der Waals surface area contributed by atoms with Crippen LogP contribution in [0.1, 0.15) is 22.5 Å². The van der Waals surface area contributed by atoms with E-state index < -0.39 is 5.91 Å². The third-order valence-corrected chi connectivity index (χ3v) is 3.88. The Hall–Kier alpha value is -3.28. The van der Waals surface area contributed by atoms with E-state index in [0.29, 0.717) is 23.1 Å². The molecule has 0 spiro atoms. The molecule has 1 heterocycles. The van der Waals surface area contributed by atoms with E-state index in [0.717, 1.165) is 11.3 Å². The highest BCUT2D eigenvalue weighted by molar-refractivity contribution is 6.10. The van der Waals surface area contributed by atoms with Gasteiger partial charge in [-0.1, -0.05) is 24.3 Å². The molecule has 0 aliphatic rings. The quantitative estimate of drug-likeness (QED) is 0.722. The highest BCUT2D eigenvalue weighted by atomic mass is 16.5. The smallest absolute Gasteiger partial charge is 0.286 e. The predicted molar refractivity (Wildman–Crippen MR) is 94.7 cm³/mol. The largest absolute Gasteiger partial charge is 0.497 e. The van der Waals surface area contributed by atoms with Gasteiger partial charge in [0.25, 0.3) is 5.91 Å². The van der Waals surface area contributed by atoms with Crippen LogP contribution in [0.3, 0.4) is 0 Å². The molecule has 3 N–H and O–H groups in total. The third-order valence-electron chi connectivity index (χ3n) is 3.88. The van der Waals surface area contributed by atoms with Crippen molar-refractivity contribution in [3.63, 3.8) is 0 Å². The first kappa shape index (κ1) is 16.6. The van der Waals surface area contributed by atoms with Gasteiger partial charge in [0.1, 0.15) is 17.0 Å². The number of methoxy groups -OCH3 is 1. The highest BCUT2D eigenvalue weighted by Gasteiger charge is 2.20. The maximum Gasteiger partial charge on any atom is 0.286 e. The van der Waals surface area contributed by atoms with Crippen LogP contribution in [0, 0.1) is 0 Å². The molecule has 0 saturated heterocycles. The van der Waals surface area contributed by atoms with Crippen molar-refractivity contribution < 1.29 is 18.7 Å². The zero-order valence-electron chi connectivity index (χ0n) is 13.7. The lowest BCUT2D eigenvalue weighted by Gasteiger charge is -2.06. The molecule has 128 valence electrons. The summed E-state index contributed by atoms with van der Waals surface area (Å²) >= 11 is 0. The fraction of sp³-hybridized carbons (Fsp3) is 0.158. The number of ether oxygens (including phenoxy) is 1. The second kappa shape index (κ2) is 7.09. The lowest BCUT2D eigenvalue weighted by molar-refractivity contribution is -0.116. The molecule has 0 aliphatic carbocycles. The molecule has 6 nitrogen and oxygen atoms in total. The average Bonchev–Trinajstić information content (AvgIpc) is 2.99. The number of rotatable bonds is 6. The summed E-state index contributed by atoms with van der Waals surface area (Å²) < 4.78 is 10.6. The summed E-state index contributed by atoms with van der Waals surface area (Å²) in [4.78, 5) is 23.9. The number of hydrogen-bond acceptors (Lipinski definition) is 4. The number of anilines is 1. The van der Waals surface area contributed by atoms with Crippen molar-refractivity contribution in [1.82, 2.24) is 0 Å². The molecule has 0 bridgehead atoms. The number of para-hydroxylation sites is 1. The number of aryl methyl sites for hydroxylation is 1. The summed E-state index contributed by atoms with van der Waals surface area (Å²) in [5, 5.41) is 3.40. The van der Waals surface area contributed by atoms with E-state index in [9.17, 15) is 9.59 Å². The van der Waals surface area contributed by atoms with Gasteiger partial charge in [0.15, 0.2) is 0 Å². The first-order valence-corrected chi connectivity index (χ1v) is 7.82. The maximum atomic E-state index is 12.3. The molecule has 0 atom stereocenters. The van der Waals surface area contributed by atoms with Crippen LogP contribution in [0.5, 0.6) is 5.75 Å². The second-order valence-electron chi connectivity index (χ2n) is 5.56. The normalized spacial score (nSPS) is 10.6. The Balaban J connectivity index is 1.73. The molecule has 0 unspecified atom stereocenters. The summed E-state index contributed by atoms with van der Waals surface area (Å²) in [6, 6.07) is 14.6. The number of nitrogens with one attached hydrogen (secondary N) is 1. The lowest BCUT2D eigenvalue weighted by Crippen LogP contribution is -2.17. The molecular weight excluding hydrogens is 320 g/mol. The van der Waals surface area contributed by atoms with Crippen molar-refractivity contribution in [3.05, 3.63) is 59.9 Å². The van der Waals surface area contributed by atoms with Crippen LogP contribution in [0.25, 0.3) is 11.0 Å². The number of primary amides is 1. The van der Waals surface area contributed by atoms with Gasteiger partial charge >= 0.3 is 0 Å². The minimum absolute atomic E-state index is 0.0426. The first-order valence-electron chi connectivity index (χ1n) is 7.82. The van der Waals surface area contributed by atoms with Crippen molar-refractivity contribution in [3.8, 4) is 5.75 Å². The molecule has 3 aromatic rings. The van der Waals surface area contributed by atoms with Gasteiger partial charge in [-0.2, -0.15) is 0 Å². The van der Waals surface area contributed by atoms with E-state index in [-0.39, 0.29) is 18.1 Å². The Kier molecular flexibility index (Phi) is 4.70. The Morgan fingerprint density at radius 3 is 2.52 bits per heavy atom. The van der Waals surface area contributed by atoms with Gasteiger partial charge in [-0.05, 0) is 36.2 Å². The molecule has 1 aromatic heterocycles. The van der Waals surface area contributed by atoms with Crippen molar-refractivity contribution in [2.45, 2.75) is 12.8 Å². The van der Waals surface area contributed by atoms with Gasteiger partial charge in [-0.15, -0.1) is 0 Å². The van der Waals surface area contributed by atoms with Gasteiger partial charge < -0.3 is 20.2 Å². The Bertz CT molecular complexity index is 913. The van der Waals surface area contributed by atoms with E-state index in [1.165, 1.54) is 0 Å². The van der Waals surface area contributed by atoms with Crippen LogP contribution in [0.15, 0.2) is 52.9 Å². The minimum Gasteiger partial charge on any atom is -0.497 e. The van der Waals surface area contributed by atoms with Crippen molar-refractivity contribution in [1.29, 1.82) is 0 Å². The molecular formula is C19H18N2O4. The predicted octanol–water partition coefficient (Wildman–Crippen LogP) is 3.11. The van der Waals surface area contributed by atoms with Crippen molar-refractivity contribution in [2.24, 2.45) is 5.73 Å². The first-order chi connectivity index (χ1) is 12.1. The summed E-state index contributed by atoms with van der Waals surface area (Å²) in [5.74, 6) is -0.213. The van der Waals surface area contributed by atoms with E-state index in [1.807, 2.05) is 24.3 Å². The summed E-state index contributed by atoms with van der Waals surface area (Å²) in [5.41, 5.74) is 7.19. The number of benzene rings is 2. The van der Waals surface area contributed by atoms with Crippen LogP contribution < -0.4 is 15.8 Å². The molecule has 3 rings (SSSR count). The monoisotopic (exact) mass is 338 g/mol. The van der Waals surface area contributed by atoms with E-state index >= 15 is 0 Å². The summed E-state index contributed by atoms with van der Waals surface area (Å²) in [6.07, 6.45) is 0.835. The number of furan rings is 1. The van der Waals surface area contributed by atoms with Crippen LogP contribution >= 0.6 is 0 Å². The number of carbonyl (C=O) groups excluding carboxylic acids is 2. The van der Waals surface area contributed by atoms with Gasteiger partial charge in [-0.25, -0.2) is 0 Å². The fourth-order valence-electron chi connectivity index (χ4n) is 2.60. The SMILES string of the molecule is COc1ccc(CCC(=O)Nc2c(C(N)=O)oc3ccccc23)cc1. The van der Waals surface area contributed by atoms with Gasteiger partial charge in [0, 0.05) is 11.8 Å². The van der Waals surface area contributed by atoms with Gasteiger partial charge in [0.2, 0.25) is 11.7 Å². The fourth-order valence-corrected chi connectivity index (χ4v) is 2.60. The third kappa shape index (κ3) is 3.63. The topological polar surface area (TPSA) is 94.6 Å². The number of amides is 2. The highest BCUT2D eigenvalue weighted by Crippen LogP contribution is 2.30. The standard InChI is InChI=1S/C19H18N2O4/c1-24-13-9-6-12(7-10-13)8-11-16(22)21-17-14-4-2-3-5-15(14)25-18(17)19(20)23/h2-7,9-10H,8,11H2,1H3,(H2,20,23)(H,21,22). The van der Waals surface area contributed by atoms with Crippen LogP contribution in [0.2, 0.25) is 0 Å². The molecule has 2 amide bonds. The van der Waals surface area contributed by atoms with Crippen LogP contribution in [0.4, 0.5) is 5.69 Å². The molecule has 0 aliphatic heterocycles. The zero-order valence-corrected chi connectivity index (χ0v) is 13.7. The Morgan fingerprint density at radius 1 is 1.12 bits per heavy atom. The number of hydrogen-bond donors (Lipinski definition) is 2. The molecule has 25 heavy (non-hydrogen) atoms.